The van der Waals surface area contributed by atoms with Crippen LogP contribution in [0.25, 0.3) is 23.1 Å². The second-order valence-electron chi connectivity index (χ2n) is 7.18. The van der Waals surface area contributed by atoms with Gasteiger partial charge in [0, 0.05) is 26.9 Å². The number of carbonyl (C=O) groups excluding carboxylic acids is 1. The van der Waals surface area contributed by atoms with Gasteiger partial charge in [0.05, 0.1) is 11.3 Å². The number of carboxylic acid groups (broad SMARTS) is 1. The lowest BCUT2D eigenvalue weighted by atomic mass is 10.1. The molecule has 0 aliphatic rings. The molecule has 0 bridgehead atoms. The van der Waals surface area contributed by atoms with Gasteiger partial charge < -0.3 is 21.1 Å². The van der Waals surface area contributed by atoms with Crippen LogP contribution in [0.4, 0.5) is 0 Å². The van der Waals surface area contributed by atoms with Crippen LogP contribution in [0.15, 0.2) is 46.9 Å². The molecule has 8 heteroatoms. The number of aliphatic carboxylic acids is 1. The zero-order valence-electron chi connectivity index (χ0n) is 16.7. The molecular weight excluding hydrogens is 482 g/mol. The molecule has 1 heterocycles. The summed E-state index contributed by atoms with van der Waals surface area (Å²) in [5, 5.41) is 13.3. The predicted octanol–water partition coefficient (Wildman–Crippen LogP) is 5.07. The van der Waals surface area contributed by atoms with E-state index in [1.165, 1.54) is 0 Å². The highest BCUT2D eigenvalue weighted by Crippen LogP contribution is 2.27. The van der Waals surface area contributed by atoms with Crippen LogP contribution in [0.3, 0.4) is 0 Å². The van der Waals surface area contributed by atoms with Crippen molar-refractivity contribution in [2.24, 2.45) is 5.73 Å². The van der Waals surface area contributed by atoms with Crippen molar-refractivity contribution in [1.82, 2.24) is 10.3 Å². The standard InChI is InChI=1S/C23H23BrClN3O3/c24-15-7-10-17-20(13-15)28-19(11-6-14-4-8-16(25)9-5-14)21(17)22(29)27-12-2-1-3-18(26)23(30)31/h4-11,13,18,28H,1-3,12,26H2,(H,27,29)(H,30,31)/b11-6+/t18-/m0/s1. The summed E-state index contributed by atoms with van der Waals surface area (Å²) in [5.41, 5.74) is 8.59. The molecule has 31 heavy (non-hydrogen) atoms. The van der Waals surface area contributed by atoms with Gasteiger partial charge in [0.1, 0.15) is 6.04 Å². The Morgan fingerprint density at radius 2 is 1.90 bits per heavy atom. The molecule has 3 rings (SSSR count). The normalized spacial score (nSPS) is 12.4. The molecule has 0 saturated heterocycles. The summed E-state index contributed by atoms with van der Waals surface area (Å²) in [6.45, 7) is 0.439. The maximum atomic E-state index is 13.0. The fourth-order valence-corrected chi connectivity index (χ4v) is 3.70. The summed E-state index contributed by atoms with van der Waals surface area (Å²) in [6, 6.07) is 12.3. The summed E-state index contributed by atoms with van der Waals surface area (Å²) in [5.74, 6) is -1.20. The van der Waals surface area contributed by atoms with Gasteiger partial charge in [0.15, 0.2) is 0 Å². The SMILES string of the molecule is N[C@@H](CCCCNC(=O)c1c(/C=C/c2ccc(Cl)cc2)[nH]c2cc(Br)ccc12)C(=O)O. The maximum absolute atomic E-state index is 13.0. The Labute approximate surface area is 193 Å². The number of amides is 1. The molecule has 1 aromatic heterocycles. The van der Waals surface area contributed by atoms with Crippen LogP contribution in [0.1, 0.15) is 40.9 Å². The van der Waals surface area contributed by atoms with Crippen molar-refractivity contribution in [3.05, 3.63) is 68.8 Å². The van der Waals surface area contributed by atoms with Crippen LogP contribution < -0.4 is 11.1 Å². The van der Waals surface area contributed by atoms with Crippen LogP contribution in [0.2, 0.25) is 5.02 Å². The lowest BCUT2D eigenvalue weighted by Crippen LogP contribution is -2.30. The first-order valence-electron chi connectivity index (χ1n) is 9.86. The van der Waals surface area contributed by atoms with E-state index >= 15 is 0 Å². The summed E-state index contributed by atoms with van der Waals surface area (Å²) in [7, 11) is 0. The summed E-state index contributed by atoms with van der Waals surface area (Å²) < 4.78 is 0.913. The van der Waals surface area contributed by atoms with Crippen LogP contribution in [0, 0.1) is 0 Å². The van der Waals surface area contributed by atoms with Crippen LogP contribution in [-0.4, -0.2) is 34.6 Å². The van der Waals surface area contributed by atoms with Gasteiger partial charge >= 0.3 is 5.97 Å². The molecule has 0 saturated carbocycles. The van der Waals surface area contributed by atoms with Crippen LogP contribution >= 0.6 is 27.5 Å². The molecule has 5 N–H and O–H groups in total. The van der Waals surface area contributed by atoms with E-state index in [9.17, 15) is 9.59 Å². The third kappa shape index (κ3) is 6.19. The molecule has 1 amide bonds. The van der Waals surface area contributed by atoms with Gasteiger partial charge in [0.25, 0.3) is 5.91 Å². The lowest BCUT2D eigenvalue weighted by molar-refractivity contribution is -0.138. The van der Waals surface area contributed by atoms with Crippen molar-refractivity contribution in [3.63, 3.8) is 0 Å². The smallest absolute Gasteiger partial charge is 0.320 e. The topological polar surface area (TPSA) is 108 Å². The number of H-pyrrole nitrogens is 1. The number of nitrogens with two attached hydrogens (primary N) is 1. The highest BCUT2D eigenvalue weighted by atomic mass is 79.9. The number of benzene rings is 2. The first kappa shape index (κ1) is 23.1. The van der Waals surface area contributed by atoms with Gasteiger partial charge in [-0.2, -0.15) is 0 Å². The average Bonchev–Trinajstić information content (AvgIpc) is 3.10. The molecule has 1 atom stereocenters. The quantitative estimate of drug-likeness (QED) is 0.305. The van der Waals surface area contributed by atoms with E-state index in [1.54, 1.807) is 0 Å². The molecule has 0 fully saturated rings. The molecular formula is C23H23BrClN3O3. The zero-order chi connectivity index (χ0) is 22.4. The van der Waals surface area contributed by atoms with Crippen LogP contribution in [0.5, 0.6) is 0 Å². The number of hydrogen-bond donors (Lipinski definition) is 4. The monoisotopic (exact) mass is 503 g/mol. The number of hydrogen-bond acceptors (Lipinski definition) is 3. The van der Waals surface area contributed by atoms with Crippen molar-refractivity contribution in [1.29, 1.82) is 0 Å². The minimum atomic E-state index is -1.01. The van der Waals surface area contributed by atoms with Crippen molar-refractivity contribution < 1.29 is 14.7 Å². The number of fused-ring (bicyclic) bond motifs is 1. The van der Waals surface area contributed by atoms with E-state index in [-0.39, 0.29) is 5.91 Å². The average molecular weight is 505 g/mol. The van der Waals surface area contributed by atoms with Gasteiger partial charge in [-0.3, -0.25) is 9.59 Å². The Bertz CT molecular complexity index is 1110. The Morgan fingerprint density at radius 1 is 1.16 bits per heavy atom. The zero-order valence-corrected chi connectivity index (χ0v) is 19.0. The molecule has 0 unspecified atom stereocenters. The molecule has 2 aromatic carbocycles. The van der Waals surface area contributed by atoms with E-state index in [0.717, 1.165) is 20.9 Å². The van der Waals surface area contributed by atoms with E-state index < -0.39 is 12.0 Å². The molecule has 0 aliphatic carbocycles. The van der Waals surface area contributed by atoms with E-state index in [4.69, 9.17) is 22.4 Å². The highest BCUT2D eigenvalue weighted by Gasteiger charge is 2.17. The second-order valence-corrected chi connectivity index (χ2v) is 8.54. The molecule has 162 valence electrons. The fourth-order valence-electron chi connectivity index (χ4n) is 3.22. The van der Waals surface area contributed by atoms with E-state index in [2.05, 4.69) is 26.2 Å². The molecule has 6 nitrogen and oxygen atoms in total. The van der Waals surface area contributed by atoms with Crippen molar-refractivity contribution in [2.75, 3.05) is 6.54 Å². The van der Waals surface area contributed by atoms with Crippen molar-refractivity contribution in [2.45, 2.75) is 25.3 Å². The number of aromatic amines is 1. The van der Waals surface area contributed by atoms with Crippen LogP contribution in [-0.2, 0) is 4.79 Å². The Kier molecular flexibility index (Phi) is 7.90. The number of unbranched alkanes of at least 4 members (excludes halogenated alkanes) is 1. The second kappa shape index (κ2) is 10.6. The van der Waals surface area contributed by atoms with Gasteiger partial charge in [-0.15, -0.1) is 0 Å². The molecule has 3 aromatic rings. The van der Waals surface area contributed by atoms with Gasteiger partial charge in [-0.25, -0.2) is 0 Å². The van der Waals surface area contributed by atoms with E-state index in [0.29, 0.717) is 42.1 Å². The van der Waals surface area contributed by atoms with Gasteiger partial charge in [-0.05, 0) is 55.2 Å². The summed E-state index contributed by atoms with van der Waals surface area (Å²) in [4.78, 5) is 27.1. The van der Waals surface area contributed by atoms with Gasteiger partial charge in [0.2, 0.25) is 0 Å². The largest absolute Gasteiger partial charge is 0.480 e. The molecule has 0 aliphatic heterocycles. The predicted molar refractivity (Wildman–Crippen MR) is 128 cm³/mol. The highest BCUT2D eigenvalue weighted by molar-refractivity contribution is 9.10. The Hall–Kier alpha value is -2.61. The first-order chi connectivity index (χ1) is 14.8. The molecule has 0 radical (unpaired) electrons. The van der Waals surface area contributed by atoms with Gasteiger partial charge in [-0.1, -0.05) is 51.8 Å². The Morgan fingerprint density at radius 3 is 2.61 bits per heavy atom. The number of aromatic nitrogens is 1. The Balaban J connectivity index is 1.76. The number of rotatable bonds is 9. The fraction of sp³-hybridized carbons (Fsp3) is 0.217. The third-order valence-electron chi connectivity index (χ3n) is 4.87. The minimum absolute atomic E-state index is 0.188. The number of halogens is 2. The first-order valence-corrected chi connectivity index (χ1v) is 11.0. The van der Waals surface area contributed by atoms with E-state index in [1.807, 2.05) is 54.6 Å². The maximum Gasteiger partial charge on any atom is 0.320 e. The third-order valence-corrected chi connectivity index (χ3v) is 5.62. The van der Waals surface area contributed by atoms with Crippen molar-refractivity contribution >= 4 is 62.5 Å². The molecule has 0 spiro atoms. The number of carbonyl (C=O) groups is 2. The number of carboxylic acids is 1. The van der Waals surface area contributed by atoms with Crippen molar-refractivity contribution in [3.8, 4) is 0 Å². The summed E-state index contributed by atoms with van der Waals surface area (Å²) in [6.07, 6.45) is 5.44. The lowest BCUT2D eigenvalue weighted by Gasteiger charge is -2.08. The number of nitrogens with one attached hydrogen (secondary N) is 2. The minimum Gasteiger partial charge on any atom is -0.480 e. The summed E-state index contributed by atoms with van der Waals surface area (Å²) >= 11 is 9.41.